The van der Waals surface area contributed by atoms with Crippen LogP contribution in [0.1, 0.15) is 24.0 Å². The van der Waals surface area contributed by atoms with Crippen molar-refractivity contribution in [3.8, 4) is 22.6 Å². The van der Waals surface area contributed by atoms with E-state index in [2.05, 4.69) is 18.2 Å². The Morgan fingerprint density at radius 2 is 1.57 bits per heavy atom. The molecule has 0 heterocycles. The smallest absolute Gasteiger partial charge is 0.409 e. The number of nitrogens with two attached hydrogens (primary N) is 2. The van der Waals surface area contributed by atoms with Crippen molar-refractivity contribution >= 4 is 6.09 Å². The lowest BCUT2D eigenvalue weighted by Crippen LogP contribution is -2.16. The van der Waals surface area contributed by atoms with Gasteiger partial charge in [0.15, 0.2) is 0 Å². The molecule has 156 valence electrons. The third kappa shape index (κ3) is 6.36. The first-order valence-electron chi connectivity index (χ1n) is 10.2. The van der Waals surface area contributed by atoms with Gasteiger partial charge in [0.1, 0.15) is 11.5 Å². The first-order valence-corrected chi connectivity index (χ1v) is 10.2. The average Bonchev–Trinajstić information content (AvgIpc) is 2.75. The van der Waals surface area contributed by atoms with Crippen molar-refractivity contribution in [3.05, 3.63) is 83.9 Å². The molecule has 3 aromatic carbocycles. The summed E-state index contributed by atoms with van der Waals surface area (Å²) in [5.41, 5.74) is 15.0. The summed E-state index contributed by atoms with van der Waals surface area (Å²) in [5, 5.41) is 0. The van der Waals surface area contributed by atoms with E-state index in [0.29, 0.717) is 18.9 Å². The largest absolute Gasteiger partial charge is 0.494 e. The molecular weight excluding hydrogens is 376 g/mol. The van der Waals surface area contributed by atoms with Crippen LogP contribution >= 0.6 is 0 Å². The molecule has 0 unspecified atom stereocenters. The molecule has 0 aromatic heterocycles. The van der Waals surface area contributed by atoms with E-state index in [1.807, 2.05) is 54.6 Å². The van der Waals surface area contributed by atoms with Crippen molar-refractivity contribution in [2.24, 2.45) is 11.5 Å². The maximum Gasteiger partial charge on any atom is 0.409 e. The maximum atomic E-state index is 11.3. The fourth-order valence-corrected chi connectivity index (χ4v) is 3.31. The molecular formula is C25H28N2O3. The molecule has 4 N–H and O–H groups in total. The zero-order chi connectivity index (χ0) is 21.2. The SMILES string of the molecule is NCCc1ccc(OCCCCc2ccc(-c3ccccc3)c(OC(N)=O)c2)cc1. The van der Waals surface area contributed by atoms with Gasteiger partial charge in [-0.15, -0.1) is 0 Å². The molecule has 1 amide bonds. The molecule has 30 heavy (non-hydrogen) atoms. The van der Waals surface area contributed by atoms with E-state index in [9.17, 15) is 4.79 Å². The van der Waals surface area contributed by atoms with E-state index in [4.69, 9.17) is 20.9 Å². The van der Waals surface area contributed by atoms with Crippen molar-refractivity contribution in [2.75, 3.05) is 13.2 Å². The van der Waals surface area contributed by atoms with Crippen molar-refractivity contribution in [3.63, 3.8) is 0 Å². The summed E-state index contributed by atoms with van der Waals surface area (Å²) in [5.74, 6) is 1.36. The number of carbonyl (C=O) groups excluding carboxylic acids is 1. The lowest BCUT2D eigenvalue weighted by atomic mass is 10.0. The second-order valence-corrected chi connectivity index (χ2v) is 7.11. The molecule has 0 atom stereocenters. The second kappa shape index (κ2) is 11.0. The Balaban J connectivity index is 1.53. The summed E-state index contributed by atoms with van der Waals surface area (Å²) < 4.78 is 11.1. The van der Waals surface area contributed by atoms with E-state index in [-0.39, 0.29) is 0 Å². The van der Waals surface area contributed by atoms with Gasteiger partial charge in [0, 0.05) is 5.56 Å². The van der Waals surface area contributed by atoms with E-state index < -0.39 is 6.09 Å². The van der Waals surface area contributed by atoms with Crippen LogP contribution in [0.2, 0.25) is 0 Å². The third-order valence-corrected chi connectivity index (χ3v) is 4.83. The molecule has 3 aromatic rings. The van der Waals surface area contributed by atoms with Gasteiger partial charge in [-0.3, -0.25) is 0 Å². The van der Waals surface area contributed by atoms with Crippen LogP contribution in [0.25, 0.3) is 11.1 Å². The van der Waals surface area contributed by atoms with Crippen molar-refractivity contribution in [1.29, 1.82) is 0 Å². The number of ether oxygens (including phenoxy) is 2. The number of hydrogen-bond acceptors (Lipinski definition) is 4. The number of carbonyl (C=O) groups is 1. The minimum atomic E-state index is -0.810. The molecule has 0 spiro atoms. The monoisotopic (exact) mass is 404 g/mol. The molecule has 0 fully saturated rings. The van der Waals surface area contributed by atoms with Crippen LogP contribution in [0.4, 0.5) is 4.79 Å². The van der Waals surface area contributed by atoms with Crippen molar-refractivity contribution < 1.29 is 14.3 Å². The van der Waals surface area contributed by atoms with Crippen LogP contribution < -0.4 is 20.9 Å². The van der Waals surface area contributed by atoms with Gasteiger partial charge in [0.05, 0.1) is 6.61 Å². The Morgan fingerprint density at radius 1 is 0.833 bits per heavy atom. The number of hydrogen-bond donors (Lipinski definition) is 2. The summed E-state index contributed by atoms with van der Waals surface area (Å²) in [7, 11) is 0. The lowest BCUT2D eigenvalue weighted by Gasteiger charge is -2.12. The van der Waals surface area contributed by atoms with Crippen LogP contribution in [0.3, 0.4) is 0 Å². The van der Waals surface area contributed by atoms with Gasteiger partial charge in [-0.25, -0.2) is 4.79 Å². The summed E-state index contributed by atoms with van der Waals surface area (Å²) in [6.07, 6.45) is 2.83. The Hall–Kier alpha value is -3.31. The Labute approximate surface area is 177 Å². The van der Waals surface area contributed by atoms with E-state index >= 15 is 0 Å². The zero-order valence-electron chi connectivity index (χ0n) is 17.1. The molecule has 0 bridgehead atoms. The van der Waals surface area contributed by atoms with Crippen molar-refractivity contribution in [1.82, 2.24) is 0 Å². The van der Waals surface area contributed by atoms with Crippen LogP contribution in [0.15, 0.2) is 72.8 Å². The Kier molecular flexibility index (Phi) is 7.86. The topological polar surface area (TPSA) is 87.6 Å². The highest BCUT2D eigenvalue weighted by Crippen LogP contribution is 2.31. The lowest BCUT2D eigenvalue weighted by molar-refractivity contribution is 0.211. The standard InChI is InChI=1S/C25H28N2O3/c26-16-15-19-9-12-22(13-10-19)29-17-5-4-6-20-11-14-23(21-7-2-1-3-8-21)24(18-20)30-25(27)28/h1-3,7-14,18H,4-6,15-17,26H2,(H2,27,28). The van der Waals surface area contributed by atoms with E-state index in [1.165, 1.54) is 5.56 Å². The maximum absolute atomic E-state index is 11.3. The molecule has 0 saturated carbocycles. The number of amides is 1. The van der Waals surface area contributed by atoms with E-state index in [1.54, 1.807) is 0 Å². The molecule has 0 radical (unpaired) electrons. The molecule has 5 nitrogen and oxygen atoms in total. The highest BCUT2D eigenvalue weighted by molar-refractivity contribution is 5.76. The quantitative estimate of drug-likeness (QED) is 0.479. The average molecular weight is 405 g/mol. The number of primary amides is 1. The van der Waals surface area contributed by atoms with Crippen molar-refractivity contribution in [2.45, 2.75) is 25.7 Å². The van der Waals surface area contributed by atoms with Crippen LogP contribution in [0, 0.1) is 0 Å². The minimum Gasteiger partial charge on any atom is -0.494 e. The molecule has 5 heteroatoms. The summed E-state index contributed by atoms with van der Waals surface area (Å²) in [6.45, 7) is 1.31. The predicted octanol–water partition coefficient (Wildman–Crippen LogP) is 4.71. The van der Waals surface area contributed by atoms with E-state index in [0.717, 1.165) is 48.1 Å². The van der Waals surface area contributed by atoms with Crippen LogP contribution in [-0.2, 0) is 12.8 Å². The second-order valence-electron chi connectivity index (χ2n) is 7.11. The summed E-state index contributed by atoms with van der Waals surface area (Å²) in [6, 6.07) is 23.8. The highest BCUT2D eigenvalue weighted by atomic mass is 16.5. The highest BCUT2D eigenvalue weighted by Gasteiger charge is 2.10. The van der Waals surface area contributed by atoms with Gasteiger partial charge >= 0.3 is 6.09 Å². The number of aryl methyl sites for hydroxylation is 1. The molecule has 0 saturated heterocycles. The van der Waals surface area contributed by atoms with Gasteiger partial charge in [-0.2, -0.15) is 0 Å². The first-order chi connectivity index (χ1) is 14.7. The fraction of sp³-hybridized carbons (Fsp3) is 0.240. The van der Waals surface area contributed by atoms with Crippen LogP contribution in [0.5, 0.6) is 11.5 Å². The van der Waals surface area contributed by atoms with Gasteiger partial charge in [-0.1, -0.05) is 54.6 Å². The van der Waals surface area contributed by atoms with Gasteiger partial charge in [0.25, 0.3) is 0 Å². The number of rotatable bonds is 10. The number of unbranched alkanes of at least 4 members (excludes halogenated alkanes) is 1. The van der Waals surface area contributed by atoms with Gasteiger partial charge in [0.2, 0.25) is 0 Å². The van der Waals surface area contributed by atoms with Gasteiger partial charge < -0.3 is 20.9 Å². The number of benzene rings is 3. The van der Waals surface area contributed by atoms with Crippen LogP contribution in [-0.4, -0.2) is 19.2 Å². The molecule has 0 aliphatic rings. The normalized spacial score (nSPS) is 10.6. The summed E-state index contributed by atoms with van der Waals surface area (Å²) >= 11 is 0. The summed E-state index contributed by atoms with van der Waals surface area (Å²) in [4.78, 5) is 11.3. The molecule has 0 aliphatic carbocycles. The third-order valence-electron chi connectivity index (χ3n) is 4.83. The minimum absolute atomic E-state index is 0.486. The molecule has 3 rings (SSSR count). The Bertz CT molecular complexity index is 940. The fourth-order valence-electron chi connectivity index (χ4n) is 3.31. The predicted molar refractivity (Wildman–Crippen MR) is 120 cm³/mol. The Morgan fingerprint density at radius 3 is 2.27 bits per heavy atom. The zero-order valence-corrected chi connectivity index (χ0v) is 17.1. The molecule has 0 aliphatic heterocycles. The first kappa shape index (κ1) is 21.4. The van der Waals surface area contributed by atoms with Gasteiger partial charge in [-0.05, 0) is 67.1 Å².